The molecule has 0 fully saturated rings. The number of aromatic nitrogens is 2. The first-order valence-corrected chi connectivity index (χ1v) is 5.95. The molecule has 6 nitrogen and oxygen atoms in total. The number of anilines is 1. The second-order valence-corrected chi connectivity index (χ2v) is 3.71. The molecule has 2 rings (SSSR count). The molecule has 0 saturated heterocycles. The molecule has 0 spiro atoms. The second-order valence-electron chi connectivity index (χ2n) is 3.71. The Bertz CT molecular complexity index is 516. The Morgan fingerprint density at radius 3 is 2.42 bits per heavy atom. The number of nitrogens with one attached hydrogen (secondary N) is 1. The maximum absolute atomic E-state index is 5.67. The third kappa shape index (κ3) is 3.56. The lowest BCUT2D eigenvalue weighted by molar-refractivity contribution is 0.266. The Morgan fingerprint density at radius 2 is 1.84 bits per heavy atom. The number of rotatable bonds is 6. The number of hydrogen-bond donors (Lipinski definition) is 2. The first kappa shape index (κ1) is 13.1. The lowest BCUT2D eigenvalue weighted by atomic mass is 10.3. The Kier molecular flexibility index (Phi) is 4.52. The van der Waals surface area contributed by atoms with Gasteiger partial charge in [-0.1, -0.05) is 12.1 Å². The van der Waals surface area contributed by atoms with E-state index in [1.807, 2.05) is 31.2 Å². The molecule has 3 N–H and O–H groups in total. The quantitative estimate of drug-likeness (QED) is 0.608. The lowest BCUT2D eigenvalue weighted by Gasteiger charge is -2.11. The lowest BCUT2D eigenvalue weighted by Crippen LogP contribution is -2.09. The number of ether oxygens (including phenoxy) is 2. The summed E-state index contributed by atoms with van der Waals surface area (Å²) in [4.78, 5) is 8.23. The predicted octanol–water partition coefficient (Wildman–Crippen LogP) is 1.74. The average Bonchev–Trinajstić information content (AvgIpc) is 2.47. The van der Waals surface area contributed by atoms with Crippen LogP contribution in [0.25, 0.3) is 0 Å². The zero-order valence-electron chi connectivity index (χ0n) is 10.7. The molecule has 0 atom stereocenters. The Balaban J connectivity index is 2.01. The number of nitrogen functional groups attached to an aromatic ring is 1. The largest absolute Gasteiger partial charge is 0.490 e. The highest BCUT2D eigenvalue weighted by molar-refractivity contribution is 5.39. The van der Waals surface area contributed by atoms with E-state index in [1.165, 1.54) is 0 Å². The highest BCUT2D eigenvalue weighted by Crippen LogP contribution is 2.26. The van der Waals surface area contributed by atoms with Crippen LogP contribution in [0, 0.1) is 0 Å². The van der Waals surface area contributed by atoms with Crippen molar-refractivity contribution >= 4 is 5.82 Å². The number of hydrogen-bond acceptors (Lipinski definition) is 6. The van der Waals surface area contributed by atoms with Crippen LogP contribution in [0.3, 0.4) is 0 Å². The molecule has 19 heavy (non-hydrogen) atoms. The molecular weight excluding hydrogens is 244 g/mol. The van der Waals surface area contributed by atoms with Gasteiger partial charge in [0.15, 0.2) is 17.3 Å². The maximum atomic E-state index is 5.67. The van der Waals surface area contributed by atoms with Gasteiger partial charge in [-0.15, -0.1) is 0 Å². The van der Waals surface area contributed by atoms with Crippen molar-refractivity contribution in [1.82, 2.24) is 9.97 Å². The van der Waals surface area contributed by atoms with E-state index < -0.39 is 0 Å². The summed E-state index contributed by atoms with van der Waals surface area (Å²) in [6, 6.07) is 7.52. The highest BCUT2D eigenvalue weighted by atomic mass is 16.5. The van der Waals surface area contributed by atoms with Gasteiger partial charge < -0.3 is 14.9 Å². The van der Waals surface area contributed by atoms with Gasteiger partial charge >= 0.3 is 0 Å². The molecule has 0 radical (unpaired) electrons. The van der Waals surface area contributed by atoms with Crippen molar-refractivity contribution in [3.05, 3.63) is 42.4 Å². The van der Waals surface area contributed by atoms with Gasteiger partial charge in [-0.3, -0.25) is 4.98 Å². The van der Waals surface area contributed by atoms with Crippen molar-refractivity contribution in [2.24, 2.45) is 5.84 Å². The molecule has 0 aliphatic heterocycles. The van der Waals surface area contributed by atoms with Gasteiger partial charge in [0.25, 0.3) is 0 Å². The number of nitrogens with zero attached hydrogens (tertiary/aromatic N) is 2. The van der Waals surface area contributed by atoms with Crippen molar-refractivity contribution in [2.75, 3.05) is 12.0 Å². The summed E-state index contributed by atoms with van der Waals surface area (Å²) in [5.74, 6) is 7.14. The van der Waals surface area contributed by atoms with Gasteiger partial charge in [-0.05, 0) is 19.1 Å². The summed E-state index contributed by atoms with van der Waals surface area (Å²) in [7, 11) is 0. The Labute approximate surface area is 111 Å². The minimum absolute atomic E-state index is 0.321. The van der Waals surface area contributed by atoms with E-state index in [-0.39, 0.29) is 0 Å². The van der Waals surface area contributed by atoms with E-state index in [0.29, 0.717) is 30.5 Å². The molecule has 1 aromatic carbocycles. The second kappa shape index (κ2) is 6.55. The molecule has 0 aliphatic carbocycles. The van der Waals surface area contributed by atoms with Gasteiger partial charge in [0.05, 0.1) is 24.7 Å². The summed E-state index contributed by atoms with van der Waals surface area (Å²) in [5.41, 5.74) is 3.13. The number of hydrazine groups is 1. The van der Waals surface area contributed by atoms with Crippen LogP contribution in [-0.2, 0) is 6.61 Å². The zero-order chi connectivity index (χ0) is 13.5. The molecule has 0 bridgehead atoms. The molecule has 1 aromatic heterocycles. The SMILES string of the molecule is CCOc1ccccc1OCc1cnc(NN)cn1. The molecule has 0 saturated carbocycles. The van der Waals surface area contributed by atoms with Gasteiger partial charge in [-0.2, -0.15) is 0 Å². The minimum atomic E-state index is 0.321. The van der Waals surface area contributed by atoms with Crippen molar-refractivity contribution in [2.45, 2.75) is 13.5 Å². The average molecular weight is 260 g/mol. The minimum Gasteiger partial charge on any atom is -0.490 e. The van der Waals surface area contributed by atoms with E-state index >= 15 is 0 Å². The van der Waals surface area contributed by atoms with Gasteiger partial charge in [0.2, 0.25) is 0 Å². The third-order valence-electron chi connectivity index (χ3n) is 2.38. The van der Waals surface area contributed by atoms with Gasteiger partial charge in [-0.25, -0.2) is 10.8 Å². The summed E-state index contributed by atoms with van der Waals surface area (Å²) < 4.78 is 11.1. The standard InChI is InChI=1S/C13H16N4O2/c1-2-18-11-5-3-4-6-12(11)19-9-10-7-16-13(17-14)8-15-10/h3-8H,2,9,14H2,1H3,(H,16,17). The normalized spacial score (nSPS) is 10.0. The number of benzene rings is 1. The molecule has 2 aromatic rings. The molecule has 0 aliphatic rings. The third-order valence-corrected chi connectivity index (χ3v) is 2.38. The van der Waals surface area contributed by atoms with Crippen LogP contribution in [0.1, 0.15) is 12.6 Å². The number of nitrogens with two attached hydrogens (primary N) is 1. The zero-order valence-corrected chi connectivity index (χ0v) is 10.7. The van der Waals surface area contributed by atoms with Crippen LogP contribution < -0.4 is 20.7 Å². The maximum Gasteiger partial charge on any atom is 0.161 e. The van der Waals surface area contributed by atoms with Crippen molar-refractivity contribution in [3.8, 4) is 11.5 Å². The molecule has 100 valence electrons. The van der Waals surface area contributed by atoms with E-state index in [1.54, 1.807) is 12.4 Å². The van der Waals surface area contributed by atoms with E-state index in [4.69, 9.17) is 15.3 Å². The molecule has 0 unspecified atom stereocenters. The fourth-order valence-electron chi connectivity index (χ4n) is 1.50. The van der Waals surface area contributed by atoms with Crippen molar-refractivity contribution in [3.63, 3.8) is 0 Å². The summed E-state index contributed by atoms with van der Waals surface area (Å²) in [5, 5.41) is 0. The van der Waals surface area contributed by atoms with Crippen LogP contribution in [-0.4, -0.2) is 16.6 Å². The fraction of sp³-hybridized carbons (Fsp3) is 0.231. The molecular formula is C13H16N4O2. The van der Waals surface area contributed by atoms with E-state index in [9.17, 15) is 0 Å². The smallest absolute Gasteiger partial charge is 0.161 e. The van der Waals surface area contributed by atoms with E-state index in [2.05, 4.69) is 15.4 Å². The van der Waals surface area contributed by atoms with E-state index in [0.717, 1.165) is 5.75 Å². The first-order chi connectivity index (χ1) is 9.33. The van der Waals surface area contributed by atoms with Crippen LogP contribution in [0.5, 0.6) is 11.5 Å². The summed E-state index contributed by atoms with van der Waals surface area (Å²) in [6.07, 6.45) is 3.16. The summed E-state index contributed by atoms with van der Waals surface area (Å²) >= 11 is 0. The Morgan fingerprint density at radius 1 is 1.11 bits per heavy atom. The highest BCUT2D eigenvalue weighted by Gasteiger charge is 2.04. The first-order valence-electron chi connectivity index (χ1n) is 5.95. The molecule has 6 heteroatoms. The molecule has 0 amide bonds. The molecule has 1 heterocycles. The van der Waals surface area contributed by atoms with Crippen LogP contribution >= 0.6 is 0 Å². The van der Waals surface area contributed by atoms with Gasteiger partial charge in [0.1, 0.15) is 6.61 Å². The van der Waals surface area contributed by atoms with Crippen molar-refractivity contribution < 1.29 is 9.47 Å². The fourth-order valence-corrected chi connectivity index (χ4v) is 1.50. The van der Waals surface area contributed by atoms with Crippen molar-refractivity contribution in [1.29, 1.82) is 0 Å². The predicted molar refractivity (Wildman–Crippen MR) is 71.8 cm³/mol. The van der Waals surface area contributed by atoms with Gasteiger partial charge in [0, 0.05) is 0 Å². The topological polar surface area (TPSA) is 82.3 Å². The Hall–Kier alpha value is -2.34. The van der Waals surface area contributed by atoms with Crippen LogP contribution in [0.2, 0.25) is 0 Å². The monoisotopic (exact) mass is 260 g/mol. The van der Waals surface area contributed by atoms with Crippen LogP contribution in [0.4, 0.5) is 5.82 Å². The number of para-hydroxylation sites is 2. The summed E-state index contributed by atoms with van der Waals surface area (Å²) in [6.45, 7) is 2.85. The van der Waals surface area contributed by atoms with Crippen LogP contribution in [0.15, 0.2) is 36.7 Å².